The third-order valence-electron chi connectivity index (χ3n) is 5.09. The number of aromatic amines is 1. The number of amides is 1. The average molecular weight is 367 g/mol. The second-order valence-electron chi connectivity index (χ2n) is 7.13. The van der Waals surface area contributed by atoms with Crippen molar-refractivity contribution in [3.05, 3.63) is 58.8 Å². The maximum atomic E-state index is 13.1. The highest BCUT2D eigenvalue weighted by Gasteiger charge is 2.34. The first-order valence-electron chi connectivity index (χ1n) is 9.05. The fourth-order valence-corrected chi connectivity index (χ4v) is 3.40. The van der Waals surface area contributed by atoms with Crippen molar-refractivity contribution in [2.24, 2.45) is 7.05 Å². The highest BCUT2D eigenvalue weighted by Crippen LogP contribution is 2.31. The fraction of sp³-hybridized carbons (Fsp3) is 0.350. The van der Waals surface area contributed by atoms with E-state index in [0.717, 1.165) is 41.1 Å². The third kappa shape index (κ3) is 3.37. The average Bonchev–Trinajstić information content (AvgIpc) is 3.31. The Morgan fingerprint density at radius 2 is 2.00 bits per heavy atom. The van der Waals surface area contributed by atoms with Gasteiger partial charge in [0.1, 0.15) is 11.5 Å². The van der Waals surface area contributed by atoms with Crippen molar-refractivity contribution in [2.45, 2.75) is 39.3 Å². The van der Waals surface area contributed by atoms with Gasteiger partial charge in [0.2, 0.25) is 0 Å². The first-order valence-corrected chi connectivity index (χ1v) is 9.05. The normalized spacial score (nSPS) is 13.8. The smallest absolute Gasteiger partial charge is 0.272 e. The zero-order valence-electron chi connectivity index (χ0n) is 15.7. The standard InChI is InChI=1S/C20H22FN5O/c1-12-19(13(2)25(3)24-12)17-10-18(23-22-17)20(27)26(16-8-9-16)11-14-4-6-15(21)7-5-14/h4-7,10,16H,8-9,11H2,1-3H3,(H,22,23). The Labute approximate surface area is 157 Å². The Bertz CT molecular complexity index is 984. The number of aryl methyl sites for hydroxylation is 2. The van der Waals surface area contributed by atoms with Crippen LogP contribution in [0.2, 0.25) is 0 Å². The highest BCUT2D eigenvalue weighted by molar-refractivity contribution is 5.94. The Kier molecular flexibility index (Phi) is 4.30. The number of carbonyl (C=O) groups is 1. The fourth-order valence-electron chi connectivity index (χ4n) is 3.40. The zero-order chi connectivity index (χ0) is 19.1. The Hall–Kier alpha value is -2.96. The molecule has 1 saturated carbocycles. The number of H-pyrrole nitrogens is 1. The van der Waals surface area contributed by atoms with Gasteiger partial charge in [-0.2, -0.15) is 10.2 Å². The molecule has 0 atom stereocenters. The number of hydrogen-bond donors (Lipinski definition) is 1. The van der Waals surface area contributed by atoms with E-state index in [1.807, 2.05) is 30.5 Å². The zero-order valence-corrected chi connectivity index (χ0v) is 15.7. The van der Waals surface area contributed by atoms with Gasteiger partial charge in [0, 0.05) is 30.9 Å². The van der Waals surface area contributed by atoms with Crippen LogP contribution in [0.5, 0.6) is 0 Å². The van der Waals surface area contributed by atoms with E-state index in [4.69, 9.17) is 0 Å². The Balaban J connectivity index is 1.59. The van der Waals surface area contributed by atoms with E-state index in [-0.39, 0.29) is 17.8 Å². The molecule has 140 valence electrons. The molecule has 0 bridgehead atoms. The molecule has 1 fully saturated rings. The summed E-state index contributed by atoms with van der Waals surface area (Å²) in [4.78, 5) is 14.9. The number of aromatic nitrogens is 4. The van der Waals surface area contributed by atoms with Crippen LogP contribution in [0, 0.1) is 19.7 Å². The minimum atomic E-state index is -0.275. The summed E-state index contributed by atoms with van der Waals surface area (Å²) in [6.45, 7) is 4.38. The number of benzene rings is 1. The predicted octanol–water partition coefficient (Wildman–Crippen LogP) is 3.37. The summed E-state index contributed by atoms with van der Waals surface area (Å²) in [6, 6.07) is 8.31. The molecule has 4 rings (SSSR count). The second kappa shape index (κ2) is 6.64. The topological polar surface area (TPSA) is 66.8 Å². The minimum absolute atomic E-state index is 0.0835. The van der Waals surface area contributed by atoms with E-state index in [2.05, 4.69) is 15.3 Å². The van der Waals surface area contributed by atoms with Crippen molar-refractivity contribution in [2.75, 3.05) is 0 Å². The lowest BCUT2D eigenvalue weighted by molar-refractivity contribution is 0.0724. The highest BCUT2D eigenvalue weighted by atomic mass is 19.1. The van der Waals surface area contributed by atoms with Crippen LogP contribution < -0.4 is 0 Å². The molecular weight excluding hydrogens is 345 g/mol. The molecule has 3 aromatic rings. The number of carbonyl (C=O) groups excluding carboxylic acids is 1. The van der Waals surface area contributed by atoms with Gasteiger partial charge in [0.15, 0.2) is 0 Å². The van der Waals surface area contributed by atoms with Gasteiger partial charge in [-0.1, -0.05) is 12.1 Å². The van der Waals surface area contributed by atoms with Gasteiger partial charge in [-0.05, 0) is 50.5 Å². The molecule has 0 saturated heterocycles. The van der Waals surface area contributed by atoms with Gasteiger partial charge < -0.3 is 4.90 Å². The number of halogens is 1. The van der Waals surface area contributed by atoms with E-state index in [1.165, 1.54) is 12.1 Å². The van der Waals surface area contributed by atoms with Crippen LogP contribution in [0.4, 0.5) is 4.39 Å². The number of nitrogens with zero attached hydrogens (tertiary/aromatic N) is 4. The van der Waals surface area contributed by atoms with Crippen LogP contribution in [-0.2, 0) is 13.6 Å². The summed E-state index contributed by atoms with van der Waals surface area (Å²) >= 11 is 0. The lowest BCUT2D eigenvalue weighted by Gasteiger charge is -2.21. The Morgan fingerprint density at radius 3 is 2.59 bits per heavy atom. The van der Waals surface area contributed by atoms with Crippen molar-refractivity contribution in [3.8, 4) is 11.3 Å². The van der Waals surface area contributed by atoms with Gasteiger partial charge in [-0.25, -0.2) is 4.39 Å². The molecule has 2 heterocycles. The van der Waals surface area contributed by atoms with Crippen LogP contribution >= 0.6 is 0 Å². The van der Waals surface area contributed by atoms with Gasteiger partial charge in [-0.15, -0.1) is 0 Å². The monoisotopic (exact) mass is 367 g/mol. The summed E-state index contributed by atoms with van der Waals surface area (Å²) < 4.78 is 15.0. The molecule has 0 radical (unpaired) electrons. The van der Waals surface area contributed by atoms with E-state index in [0.29, 0.717) is 12.2 Å². The maximum absolute atomic E-state index is 13.1. The summed E-state index contributed by atoms with van der Waals surface area (Å²) in [5.41, 5.74) is 4.93. The number of nitrogens with one attached hydrogen (secondary N) is 1. The van der Waals surface area contributed by atoms with Crippen LogP contribution in [0.1, 0.15) is 40.3 Å². The van der Waals surface area contributed by atoms with Crippen molar-refractivity contribution < 1.29 is 9.18 Å². The van der Waals surface area contributed by atoms with E-state index in [1.54, 1.807) is 18.2 Å². The first kappa shape index (κ1) is 17.5. The predicted molar refractivity (Wildman–Crippen MR) is 99.6 cm³/mol. The third-order valence-corrected chi connectivity index (χ3v) is 5.09. The largest absolute Gasteiger partial charge is 0.330 e. The van der Waals surface area contributed by atoms with Gasteiger partial charge in [0.25, 0.3) is 5.91 Å². The molecule has 1 aliphatic rings. The molecule has 6 nitrogen and oxygen atoms in total. The van der Waals surface area contributed by atoms with Gasteiger partial charge in [0.05, 0.1) is 11.4 Å². The van der Waals surface area contributed by atoms with E-state index < -0.39 is 0 Å². The lowest BCUT2D eigenvalue weighted by Crippen LogP contribution is -2.32. The molecule has 0 aliphatic heterocycles. The van der Waals surface area contributed by atoms with Crippen LogP contribution in [0.15, 0.2) is 30.3 Å². The molecule has 1 aliphatic carbocycles. The number of rotatable bonds is 5. The minimum Gasteiger partial charge on any atom is -0.330 e. The van der Waals surface area contributed by atoms with E-state index >= 15 is 0 Å². The van der Waals surface area contributed by atoms with Gasteiger partial charge in [-0.3, -0.25) is 14.6 Å². The quantitative estimate of drug-likeness (QED) is 0.752. The van der Waals surface area contributed by atoms with Gasteiger partial charge >= 0.3 is 0 Å². The van der Waals surface area contributed by atoms with Crippen molar-refractivity contribution in [1.82, 2.24) is 24.9 Å². The van der Waals surface area contributed by atoms with Crippen LogP contribution in [0.25, 0.3) is 11.3 Å². The molecule has 2 aromatic heterocycles. The first-order chi connectivity index (χ1) is 12.9. The molecule has 1 N–H and O–H groups in total. The summed E-state index contributed by atoms with van der Waals surface area (Å²) in [5.74, 6) is -0.358. The van der Waals surface area contributed by atoms with E-state index in [9.17, 15) is 9.18 Å². The van der Waals surface area contributed by atoms with Crippen molar-refractivity contribution in [3.63, 3.8) is 0 Å². The summed E-state index contributed by atoms with van der Waals surface area (Å²) in [6.07, 6.45) is 1.99. The molecule has 1 aromatic carbocycles. The molecule has 0 unspecified atom stereocenters. The number of hydrogen-bond acceptors (Lipinski definition) is 3. The van der Waals surface area contributed by atoms with Crippen LogP contribution in [-0.4, -0.2) is 36.8 Å². The van der Waals surface area contributed by atoms with Crippen LogP contribution in [0.3, 0.4) is 0 Å². The Morgan fingerprint density at radius 1 is 1.30 bits per heavy atom. The second-order valence-corrected chi connectivity index (χ2v) is 7.13. The van der Waals surface area contributed by atoms with Crippen molar-refractivity contribution >= 4 is 5.91 Å². The molecule has 1 amide bonds. The summed E-state index contributed by atoms with van der Waals surface area (Å²) in [7, 11) is 1.89. The maximum Gasteiger partial charge on any atom is 0.272 e. The molecular formula is C20H22FN5O. The SMILES string of the molecule is Cc1nn(C)c(C)c1-c1cc(C(=O)N(Cc2ccc(F)cc2)C2CC2)[nH]n1. The van der Waals surface area contributed by atoms with Crippen molar-refractivity contribution in [1.29, 1.82) is 0 Å². The lowest BCUT2D eigenvalue weighted by atomic mass is 10.1. The summed E-state index contributed by atoms with van der Waals surface area (Å²) in [5, 5.41) is 11.6. The molecule has 27 heavy (non-hydrogen) atoms. The molecule has 0 spiro atoms. The molecule has 7 heteroatoms.